The van der Waals surface area contributed by atoms with E-state index >= 15 is 0 Å². The number of amides is 1. The number of nitrogens with one attached hydrogen (secondary N) is 1. The lowest BCUT2D eigenvalue weighted by Crippen LogP contribution is -2.42. The molecule has 8 heteroatoms. The number of halogens is 2. The molecule has 0 spiro atoms. The summed E-state index contributed by atoms with van der Waals surface area (Å²) in [5.74, 6) is -0.363. The normalized spacial score (nSPS) is 10.7. The second-order valence-electron chi connectivity index (χ2n) is 8.13. The Kier molecular flexibility index (Phi) is 9.26. The summed E-state index contributed by atoms with van der Waals surface area (Å²) in [5.41, 5.74) is 3.50. The van der Waals surface area contributed by atoms with E-state index < -0.39 is 5.97 Å². The number of hydrogen-bond donors (Lipinski definition) is 1. The van der Waals surface area contributed by atoms with Crippen LogP contribution in [0.2, 0.25) is 10.0 Å². The van der Waals surface area contributed by atoms with Crippen molar-refractivity contribution in [1.29, 1.82) is 0 Å². The maximum atomic E-state index is 12.9. The minimum Gasteiger partial charge on any atom is -0.462 e. The predicted molar refractivity (Wildman–Crippen MR) is 146 cm³/mol. The van der Waals surface area contributed by atoms with Gasteiger partial charge in [-0.25, -0.2) is 4.79 Å². The summed E-state index contributed by atoms with van der Waals surface area (Å²) >= 11 is 18.1. The molecule has 0 aliphatic carbocycles. The highest BCUT2D eigenvalue weighted by atomic mass is 35.5. The van der Waals surface area contributed by atoms with Gasteiger partial charge >= 0.3 is 5.97 Å². The van der Waals surface area contributed by atoms with Gasteiger partial charge in [0.15, 0.2) is 5.11 Å². The maximum absolute atomic E-state index is 12.9. The maximum Gasteiger partial charge on any atom is 0.338 e. The molecule has 0 saturated carbocycles. The average molecular weight is 529 g/mol. The molecule has 3 aromatic rings. The Labute approximate surface area is 221 Å². The highest BCUT2D eigenvalue weighted by molar-refractivity contribution is 7.80. The highest BCUT2D eigenvalue weighted by Crippen LogP contribution is 2.26. The second-order valence-corrected chi connectivity index (χ2v) is 9.36. The Morgan fingerprint density at radius 3 is 2.17 bits per heavy atom. The van der Waals surface area contributed by atoms with Gasteiger partial charge in [0.25, 0.3) is 5.91 Å². The second kappa shape index (κ2) is 12.2. The molecule has 0 heterocycles. The summed E-state index contributed by atoms with van der Waals surface area (Å²) < 4.78 is 5.06. The van der Waals surface area contributed by atoms with Crippen molar-refractivity contribution in [2.75, 3.05) is 11.5 Å². The van der Waals surface area contributed by atoms with E-state index in [1.165, 1.54) is 0 Å². The number of carbonyl (C=O) groups is 2. The van der Waals surface area contributed by atoms with E-state index in [4.69, 9.17) is 40.2 Å². The molecule has 0 aliphatic heterocycles. The van der Waals surface area contributed by atoms with Gasteiger partial charge in [-0.1, -0.05) is 55.2 Å². The summed E-state index contributed by atoms with van der Waals surface area (Å²) in [6, 6.07) is 19.4. The third-order valence-corrected chi connectivity index (χ3v) is 6.25. The number of esters is 1. The summed E-state index contributed by atoms with van der Waals surface area (Å²) in [4.78, 5) is 26.7. The molecule has 0 unspecified atom stereocenters. The van der Waals surface area contributed by atoms with Gasteiger partial charge in [-0.15, -0.1) is 0 Å². The van der Waals surface area contributed by atoms with Crippen LogP contribution < -0.4 is 10.2 Å². The zero-order chi connectivity index (χ0) is 25.5. The third-order valence-electron chi connectivity index (χ3n) is 5.34. The minimum atomic E-state index is -0.410. The fourth-order valence-electron chi connectivity index (χ4n) is 3.35. The van der Waals surface area contributed by atoms with E-state index in [9.17, 15) is 9.59 Å². The van der Waals surface area contributed by atoms with Crippen LogP contribution in [-0.2, 0) is 11.3 Å². The van der Waals surface area contributed by atoms with Crippen molar-refractivity contribution in [3.63, 3.8) is 0 Å². The molecule has 1 amide bonds. The van der Waals surface area contributed by atoms with Gasteiger partial charge in [-0.2, -0.15) is 0 Å². The molecule has 5 nitrogen and oxygen atoms in total. The van der Waals surface area contributed by atoms with Crippen LogP contribution in [0.5, 0.6) is 0 Å². The topological polar surface area (TPSA) is 58.6 Å². The molecular weight excluding hydrogens is 503 g/mol. The Morgan fingerprint density at radius 1 is 0.971 bits per heavy atom. The minimum absolute atomic E-state index is 0.192. The SMILES string of the molecule is CCOC(=O)c1ccc(N(Cc2ccc(Cl)cc2Cl)C(=S)NC(=O)c2ccc(C(C)C)cc2)cc1. The van der Waals surface area contributed by atoms with Crippen LogP contribution >= 0.6 is 35.4 Å². The average Bonchev–Trinajstić information content (AvgIpc) is 2.84. The zero-order valence-electron chi connectivity index (χ0n) is 19.7. The van der Waals surface area contributed by atoms with Gasteiger partial charge in [-0.3, -0.25) is 10.1 Å². The first kappa shape index (κ1) is 26.7. The number of benzene rings is 3. The van der Waals surface area contributed by atoms with Crippen LogP contribution in [0.3, 0.4) is 0 Å². The molecule has 182 valence electrons. The number of nitrogens with zero attached hydrogens (tertiary/aromatic N) is 1. The van der Waals surface area contributed by atoms with Crippen molar-refractivity contribution in [1.82, 2.24) is 5.32 Å². The zero-order valence-corrected chi connectivity index (χ0v) is 22.0. The highest BCUT2D eigenvalue weighted by Gasteiger charge is 2.19. The fraction of sp³-hybridized carbons (Fsp3) is 0.222. The lowest BCUT2D eigenvalue weighted by Gasteiger charge is -2.26. The van der Waals surface area contributed by atoms with Gasteiger partial charge in [0.05, 0.1) is 18.7 Å². The van der Waals surface area contributed by atoms with Crippen LogP contribution in [0.25, 0.3) is 0 Å². The van der Waals surface area contributed by atoms with E-state index in [-0.39, 0.29) is 24.2 Å². The van der Waals surface area contributed by atoms with Gasteiger partial charge in [-0.05, 0) is 84.7 Å². The lowest BCUT2D eigenvalue weighted by molar-refractivity contribution is 0.0526. The third kappa shape index (κ3) is 7.04. The van der Waals surface area contributed by atoms with Crippen LogP contribution in [0, 0.1) is 0 Å². The van der Waals surface area contributed by atoms with Crippen molar-refractivity contribution in [3.05, 3.63) is 99.0 Å². The van der Waals surface area contributed by atoms with Crippen molar-refractivity contribution in [3.8, 4) is 0 Å². The molecule has 0 aromatic heterocycles. The molecule has 35 heavy (non-hydrogen) atoms. The number of ether oxygens (including phenoxy) is 1. The van der Waals surface area contributed by atoms with Gasteiger partial charge in [0, 0.05) is 21.3 Å². The van der Waals surface area contributed by atoms with E-state index in [1.807, 2.05) is 12.1 Å². The van der Waals surface area contributed by atoms with Crippen LogP contribution in [0.4, 0.5) is 5.69 Å². The van der Waals surface area contributed by atoms with Crippen molar-refractivity contribution in [2.45, 2.75) is 33.2 Å². The Morgan fingerprint density at radius 2 is 1.60 bits per heavy atom. The van der Waals surface area contributed by atoms with Gasteiger partial charge < -0.3 is 9.64 Å². The van der Waals surface area contributed by atoms with Crippen molar-refractivity contribution >= 4 is 58.1 Å². The van der Waals surface area contributed by atoms with Crippen molar-refractivity contribution in [2.24, 2.45) is 0 Å². The Hall–Kier alpha value is -2.93. The van der Waals surface area contributed by atoms with Crippen LogP contribution in [0.15, 0.2) is 66.7 Å². The summed E-state index contributed by atoms with van der Waals surface area (Å²) in [6.45, 7) is 6.51. The molecule has 3 aromatic carbocycles. The quantitative estimate of drug-likeness (QED) is 0.264. The molecule has 0 atom stereocenters. The molecule has 1 N–H and O–H groups in total. The smallest absolute Gasteiger partial charge is 0.338 e. The van der Waals surface area contributed by atoms with Gasteiger partial charge in [0.1, 0.15) is 0 Å². The number of thiocarbonyl (C=S) groups is 1. The van der Waals surface area contributed by atoms with E-state index in [2.05, 4.69) is 19.2 Å². The molecule has 0 saturated heterocycles. The number of carbonyl (C=O) groups excluding carboxylic acids is 2. The Bertz CT molecular complexity index is 1210. The van der Waals surface area contributed by atoms with Crippen LogP contribution in [-0.4, -0.2) is 23.6 Å². The first-order valence-electron chi connectivity index (χ1n) is 11.1. The summed E-state index contributed by atoms with van der Waals surface area (Å²) in [6.07, 6.45) is 0. The fourth-order valence-corrected chi connectivity index (χ4v) is 4.08. The number of rotatable bonds is 7. The lowest BCUT2D eigenvalue weighted by atomic mass is 10.0. The molecule has 0 aliphatic rings. The summed E-state index contributed by atoms with van der Waals surface area (Å²) in [7, 11) is 0. The van der Waals surface area contributed by atoms with E-state index in [0.29, 0.717) is 32.8 Å². The van der Waals surface area contributed by atoms with E-state index in [1.54, 1.807) is 66.4 Å². The standard InChI is InChI=1S/C27H26Cl2N2O3S/c1-4-34-26(33)20-10-13-23(14-11-20)31(16-21-9-12-22(28)15-24(21)29)27(35)30-25(32)19-7-5-18(6-8-19)17(2)3/h5-15,17H,4,16H2,1-3H3,(H,30,32,35). The number of anilines is 1. The largest absolute Gasteiger partial charge is 0.462 e. The Balaban J connectivity index is 1.87. The molecule has 0 radical (unpaired) electrons. The first-order valence-corrected chi connectivity index (χ1v) is 12.3. The van der Waals surface area contributed by atoms with Crippen LogP contribution in [0.1, 0.15) is 58.5 Å². The van der Waals surface area contributed by atoms with E-state index in [0.717, 1.165) is 11.1 Å². The molecule has 0 bridgehead atoms. The predicted octanol–water partition coefficient (Wildman–Crippen LogP) is 7.02. The summed E-state index contributed by atoms with van der Waals surface area (Å²) in [5, 5.41) is 4.00. The van der Waals surface area contributed by atoms with Gasteiger partial charge in [0.2, 0.25) is 0 Å². The number of hydrogen-bond acceptors (Lipinski definition) is 4. The molecular formula is C27H26Cl2N2O3S. The first-order chi connectivity index (χ1) is 16.7. The monoisotopic (exact) mass is 528 g/mol. The molecule has 0 fully saturated rings. The molecule has 3 rings (SSSR count). The van der Waals surface area contributed by atoms with Crippen molar-refractivity contribution < 1.29 is 14.3 Å².